The smallest absolute Gasteiger partial charge is 0.0320 e. The molecule has 0 radical (unpaired) electrons. The molecule has 2 N–H and O–H groups in total. The van der Waals surface area contributed by atoms with Crippen LogP contribution in [0, 0.1) is 0 Å². The fourth-order valence-electron chi connectivity index (χ4n) is 4.74. The van der Waals surface area contributed by atoms with Crippen LogP contribution in [0.25, 0.3) is 43.4 Å². The molecule has 0 heterocycles. The predicted octanol–water partition coefficient (Wildman–Crippen LogP) is 7.69. The van der Waals surface area contributed by atoms with Crippen LogP contribution in [-0.2, 0) is 5.41 Å². The first kappa shape index (κ1) is 17.8. The van der Waals surface area contributed by atoms with Gasteiger partial charge in [-0.05, 0) is 66.6 Å². The molecule has 0 unspecified atom stereocenters. The van der Waals surface area contributed by atoms with Gasteiger partial charge in [0.2, 0.25) is 0 Å². The van der Waals surface area contributed by atoms with Gasteiger partial charge in [-0.25, -0.2) is 0 Å². The average Bonchev–Trinajstić information content (AvgIpc) is 2.70. The summed E-state index contributed by atoms with van der Waals surface area (Å²) in [5.74, 6) is 0. The van der Waals surface area contributed by atoms with Crippen LogP contribution >= 0.6 is 0 Å². The normalized spacial score (nSPS) is 12.1. The van der Waals surface area contributed by atoms with E-state index in [9.17, 15) is 0 Å². The van der Waals surface area contributed by atoms with E-state index in [1.165, 1.54) is 49.0 Å². The summed E-state index contributed by atoms with van der Waals surface area (Å²) in [6.45, 7) is 6.86. The van der Waals surface area contributed by atoms with Gasteiger partial charge in [0, 0.05) is 5.69 Å². The van der Waals surface area contributed by atoms with Crippen molar-refractivity contribution in [1.29, 1.82) is 0 Å². The Labute approximate surface area is 171 Å². The lowest BCUT2D eigenvalue weighted by molar-refractivity contribution is 0.601. The van der Waals surface area contributed by atoms with Crippen LogP contribution in [0.3, 0.4) is 0 Å². The van der Waals surface area contributed by atoms with Crippen molar-refractivity contribution >= 4 is 38.0 Å². The highest BCUT2D eigenvalue weighted by Gasteiger charge is 2.23. The molecule has 5 aromatic carbocycles. The van der Waals surface area contributed by atoms with Gasteiger partial charge in [-0.15, -0.1) is 0 Å². The minimum absolute atomic E-state index is 0.00291. The lowest BCUT2D eigenvalue weighted by Crippen LogP contribution is -2.13. The van der Waals surface area contributed by atoms with Crippen LogP contribution in [0.2, 0.25) is 0 Å². The van der Waals surface area contributed by atoms with Crippen molar-refractivity contribution in [3.8, 4) is 11.1 Å². The van der Waals surface area contributed by atoms with E-state index in [1.54, 1.807) is 0 Å². The molecule has 0 aliphatic carbocycles. The molecule has 0 amide bonds. The monoisotopic (exact) mass is 375 g/mol. The molecule has 1 heteroatoms. The summed E-state index contributed by atoms with van der Waals surface area (Å²) in [4.78, 5) is 0. The molecule has 5 rings (SSSR count). The standard InChI is InChI=1S/C28H25N/c1-28(2,3)27-24-13-7-6-12-22(24)26(23-16-15-19(29)17-25(23)27)21-14-8-10-18-9-4-5-11-20(18)21/h4-17H,29H2,1-3H3. The zero-order valence-corrected chi connectivity index (χ0v) is 17.2. The van der Waals surface area contributed by atoms with E-state index in [2.05, 4.69) is 99.6 Å². The van der Waals surface area contributed by atoms with Gasteiger partial charge in [0.1, 0.15) is 0 Å². The molecule has 29 heavy (non-hydrogen) atoms. The molecule has 0 aromatic heterocycles. The average molecular weight is 376 g/mol. The van der Waals surface area contributed by atoms with Crippen molar-refractivity contribution in [2.75, 3.05) is 5.73 Å². The van der Waals surface area contributed by atoms with Gasteiger partial charge in [-0.3, -0.25) is 0 Å². The topological polar surface area (TPSA) is 26.0 Å². The molecular weight excluding hydrogens is 350 g/mol. The zero-order chi connectivity index (χ0) is 20.2. The van der Waals surface area contributed by atoms with Gasteiger partial charge >= 0.3 is 0 Å². The van der Waals surface area contributed by atoms with Crippen LogP contribution in [0.4, 0.5) is 5.69 Å². The van der Waals surface area contributed by atoms with Gasteiger partial charge in [0.15, 0.2) is 0 Å². The summed E-state index contributed by atoms with van der Waals surface area (Å²) in [6, 6.07) is 30.4. The molecule has 1 nitrogen and oxygen atoms in total. The third-order valence-electron chi connectivity index (χ3n) is 5.86. The Bertz CT molecular complexity index is 1380. The Morgan fingerprint density at radius 1 is 0.586 bits per heavy atom. The maximum absolute atomic E-state index is 6.26. The predicted molar refractivity (Wildman–Crippen MR) is 128 cm³/mol. The molecule has 142 valence electrons. The van der Waals surface area contributed by atoms with E-state index in [4.69, 9.17) is 5.73 Å². The van der Waals surface area contributed by atoms with E-state index in [0.717, 1.165) is 5.69 Å². The van der Waals surface area contributed by atoms with Gasteiger partial charge < -0.3 is 5.73 Å². The van der Waals surface area contributed by atoms with Crippen molar-refractivity contribution in [1.82, 2.24) is 0 Å². The van der Waals surface area contributed by atoms with Gasteiger partial charge in [0.25, 0.3) is 0 Å². The highest BCUT2D eigenvalue weighted by Crippen LogP contribution is 2.45. The van der Waals surface area contributed by atoms with Gasteiger partial charge in [-0.2, -0.15) is 0 Å². The molecule has 0 saturated heterocycles. The fraction of sp³-hybridized carbons (Fsp3) is 0.143. The Kier molecular flexibility index (Phi) is 3.89. The van der Waals surface area contributed by atoms with E-state index >= 15 is 0 Å². The zero-order valence-electron chi connectivity index (χ0n) is 17.2. The Morgan fingerprint density at radius 2 is 1.21 bits per heavy atom. The summed E-state index contributed by atoms with van der Waals surface area (Å²) < 4.78 is 0. The second kappa shape index (κ2) is 6.35. The largest absolute Gasteiger partial charge is 0.399 e. The van der Waals surface area contributed by atoms with Crippen molar-refractivity contribution in [3.05, 3.63) is 90.5 Å². The number of hydrogen-bond donors (Lipinski definition) is 1. The lowest BCUT2D eigenvalue weighted by Gasteiger charge is -2.26. The quantitative estimate of drug-likeness (QED) is 0.236. The molecule has 0 spiro atoms. The summed E-state index contributed by atoms with van der Waals surface area (Å²) >= 11 is 0. The number of nitrogens with two attached hydrogens (primary N) is 1. The van der Waals surface area contributed by atoms with Crippen molar-refractivity contribution in [2.45, 2.75) is 26.2 Å². The van der Waals surface area contributed by atoms with E-state index in [1.807, 2.05) is 6.07 Å². The third-order valence-corrected chi connectivity index (χ3v) is 5.86. The number of rotatable bonds is 1. The van der Waals surface area contributed by atoms with Crippen molar-refractivity contribution < 1.29 is 0 Å². The first-order valence-electron chi connectivity index (χ1n) is 10.2. The lowest BCUT2D eigenvalue weighted by atomic mass is 9.77. The molecular formula is C28H25N. The fourth-order valence-corrected chi connectivity index (χ4v) is 4.74. The summed E-state index contributed by atoms with van der Waals surface area (Å²) in [7, 11) is 0. The van der Waals surface area contributed by atoms with Crippen LogP contribution in [0.5, 0.6) is 0 Å². The number of benzene rings is 5. The Hall–Kier alpha value is -3.32. The van der Waals surface area contributed by atoms with E-state index < -0.39 is 0 Å². The van der Waals surface area contributed by atoms with Crippen LogP contribution < -0.4 is 5.73 Å². The SMILES string of the molecule is CC(C)(C)c1c2ccccc2c(-c2cccc3ccccc23)c2ccc(N)cc12. The number of nitrogen functional groups attached to an aromatic ring is 1. The first-order valence-corrected chi connectivity index (χ1v) is 10.2. The van der Waals surface area contributed by atoms with Gasteiger partial charge in [-0.1, -0.05) is 93.6 Å². The van der Waals surface area contributed by atoms with Crippen molar-refractivity contribution in [2.24, 2.45) is 0 Å². The summed E-state index contributed by atoms with van der Waals surface area (Å²) in [6.07, 6.45) is 0. The third kappa shape index (κ3) is 2.77. The second-order valence-electron chi connectivity index (χ2n) is 8.88. The number of anilines is 1. The molecule has 0 bridgehead atoms. The molecule has 0 aliphatic rings. The molecule has 0 saturated carbocycles. The molecule has 0 fully saturated rings. The highest BCUT2D eigenvalue weighted by atomic mass is 14.5. The Morgan fingerprint density at radius 3 is 1.97 bits per heavy atom. The summed E-state index contributed by atoms with van der Waals surface area (Å²) in [5, 5.41) is 7.66. The number of fused-ring (bicyclic) bond motifs is 3. The van der Waals surface area contributed by atoms with Crippen LogP contribution in [0.15, 0.2) is 84.9 Å². The van der Waals surface area contributed by atoms with E-state index in [0.29, 0.717) is 0 Å². The Balaban J connectivity index is 2.07. The van der Waals surface area contributed by atoms with Crippen LogP contribution in [-0.4, -0.2) is 0 Å². The number of hydrogen-bond acceptors (Lipinski definition) is 1. The molecule has 5 aromatic rings. The summed E-state index contributed by atoms with van der Waals surface area (Å²) in [5.41, 5.74) is 11.0. The highest BCUT2D eigenvalue weighted by molar-refractivity contribution is 6.19. The first-order chi connectivity index (χ1) is 13.9. The molecule has 0 atom stereocenters. The molecule has 0 aliphatic heterocycles. The second-order valence-corrected chi connectivity index (χ2v) is 8.88. The van der Waals surface area contributed by atoms with Crippen molar-refractivity contribution in [3.63, 3.8) is 0 Å². The minimum Gasteiger partial charge on any atom is -0.399 e. The maximum Gasteiger partial charge on any atom is 0.0320 e. The van der Waals surface area contributed by atoms with Crippen LogP contribution in [0.1, 0.15) is 26.3 Å². The maximum atomic E-state index is 6.26. The van der Waals surface area contributed by atoms with Gasteiger partial charge in [0.05, 0.1) is 0 Å². The van der Waals surface area contributed by atoms with E-state index in [-0.39, 0.29) is 5.41 Å². The minimum atomic E-state index is 0.00291.